The van der Waals surface area contributed by atoms with Gasteiger partial charge in [0.2, 0.25) is 0 Å². The molecule has 3 nitrogen and oxygen atoms in total. The molecule has 4 heteroatoms. The summed E-state index contributed by atoms with van der Waals surface area (Å²) in [7, 11) is -3.21. The normalized spacial score (nSPS) is 12.0. The van der Waals surface area contributed by atoms with E-state index in [1.54, 1.807) is 0 Å². The quantitative estimate of drug-likeness (QED) is 0.575. The van der Waals surface area contributed by atoms with Crippen LogP contribution in [0.25, 0.3) is 0 Å². The average Bonchev–Trinajstić information content (AvgIpc) is 1.67. The summed E-state index contributed by atoms with van der Waals surface area (Å²) in [6.45, 7) is 3.06. The first-order valence-electron chi connectivity index (χ1n) is 1.88. The van der Waals surface area contributed by atoms with Crippen LogP contribution in [0, 0.1) is 0 Å². The molecule has 0 saturated carbocycles. The third-order valence-electron chi connectivity index (χ3n) is 0.501. The lowest BCUT2D eigenvalue weighted by molar-refractivity contribution is 0.612. The molecule has 0 aromatic rings. The van der Waals surface area contributed by atoms with Gasteiger partial charge in [0.05, 0.1) is 5.41 Å². The van der Waals surface area contributed by atoms with Crippen molar-refractivity contribution < 1.29 is 8.42 Å². The van der Waals surface area contributed by atoms with Crippen molar-refractivity contribution in [3.8, 4) is 0 Å². The summed E-state index contributed by atoms with van der Waals surface area (Å²) in [5.41, 5.74) is 4.78. The van der Waals surface area contributed by atoms with Crippen molar-refractivity contribution in [2.75, 3.05) is 0 Å². The van der Waals surface area contributed by atoms with Gasteiger partial charge in [0.1, 0.15) is 0 Å². The molecule has 0 aliphatic rings. The first-order chi connectivity index (χ1) is 3.62. The fourth-order valence-electron chi connectivity index (χ4n) is 0.165. The number of nitrogens with two attached hydrogens (primary N) is 1. The number of rotatable bonds is 2. The Morgan fingerprint density at radius 3 is 2.12 bits per heavy atom. The second-order valence-corrected chi connectivity index (χ2v) is 2.87. The van der Waals surface area contributed by atoms with Crippen LogP contribution >= 0.6 is 0 Å². The van der Waals surface area contributed by atoms with Gasteiger partial charge in [-0.3, -0.25) is 0 Å². The lowest BCUT2D eigenvalue weighted by Crippen LogP contribution is -1.88. The van der Waals surface area contributed by atoms with E-state index in [1.165, 1.54) is 0 Å². The minimum atomic E-state index is -3.21. The van der Waals surface area contributed by atoms with Gasteiger partial charge in [-0.1, -0.05) is 6.58 Å². The van der Waals surface area contributed by atoms with Crippen LogP contribution in [0.2, 0.25) is 0 Å². The van der Waals surface area contributed by atoms with Gasteiger partial charge in [-0.25, -0.2) is 8.42 Å². The van der Waals surface area contributed by atoms with Gasteiger partial charge in [-0.05, 0) is 0 Å². The molecule has 0 aromatic heterocycles. The van der Waals surface area contributed by atoms with Gasteiger partial charge in [0, 0.05) is 11.6 Å². The van der Waals surface area contributed by atoms with Gasteiger partial charge in [-0.2, -0.15) is 0 Å². The van der Waals surface area contributed by atoms with Gasteiger partial charge >= 0.3 is 0 Å². The maximum absolute atomic E-state index is 10.3. The second-order valence-electron chi connectivity index (χ2n) is 1.08. The smallest absolute Gasteiger partial charge is 0.193 e. The zero-order chi connectivity index (χ0) is 6.62. The van der Waals surface area contributed by atoms with Crippen molar-refractivity contribution in [2.24, 2.45) is 5.73 Å². The molecule has 0 unspecified atom stereocenters. The predicted molar refractivity (Wildman–Crippen MR) is 32.4 cm³/mol. The molecule has 0 aliphatic heterocycles. The van der Waals surface area contributed by atoms with Crippen LogP contribution in [0.15, 0.2) is 23.6 Å². The summed E-state index contributed by atoms with van der Waals surface area (Å²) in [5.74, 6) is 0. The fraction of sp³-hybridized carbons (Fsp3) is 0. The van der Waals surface area contributed by atoms with Crippen LogP contribution in [0.3, 0.4) is 0 Å². The van der Waals surface area contributed by atoms with Crippen molar-refractivity contribution in [1.82, 2.24) is 0 Å². The third kappa shape index (κ3) is 2.41. The average molecular weight is 133 g/mol. The Morgan fingerprint density at radius 1 is 1.50 bits per heavy atom. The molecule has 0 aromatic carbocycles. The van der Waals surface area contributed by atoms with E-state index in [4.69, 9.17) is 5.73 Å². The molecule has 0 rings (SSSR count). The highest BCUT2D eigenvalue weighted by molar-refractivity contribution is 7.97. The van der Waals surface area contributed by atoms with E-state index in [2.05, 4.69) is 6.58 Å². The Kier molecular flexibility index (Phi) is 2.27. The molecule has 0 radical (unpaired) electrons. The zero-order valence-electron chi connectivity index (χ0n) is 4.24. The Bertz CT molecular complexity index is 190. The lowest BCUT2D eigenvalue weighted by Gasteiger charge is -1.80. The number of sulfone groups is 1. The first kappa shape index (κ1) is 7.23. The molecule has 0 aliphatic carbocycles. The van der Waals surface area contributed by atoms with Crippen LogP contribution in [0.4, 0.5) is 0 Å². The third-order valence-corrected chi connectivity index (χ3v) is 1.50. The maximum atomic E-state index is 10.3. The monoisotopic (exact) mass is 133 g/mol. The molecule has 0 heterocycles. The largest absolute Gasteiger partial charge is 0.404 e. The zero-order valence-corrected chi connectivity index (χ0v) is 5.06. The number of hydrogen-bond donors (Lipinski definition) is 1. The standard InChI is InChI=1S/C4H7NO2S/c1-2-8(6,7)4-3-5/h2-4H,1,5H2/b4-3-. The molecule has 2 N–H and O–H groups in total. The van der Waals surface area contributed by atoms with Crippen LogP contribution < -0.4 is 5.73 Å². The summed E-state index contributed by atoms with van der Waals surface area (Å²) < 4.78 is 20.6. The molecule has 0 amide bonds. The van der Waals surface area contributed by atoms with Crippen molar-refractivity contribution in [1.29, 1.82) is 0 Å². The fourth-order valence-corrected chi connectivity index (χ4v) is 0.495. The Hall–Kier alpha value is -0.770. The van der Waals surface area contributed by atoms with Crippen LogP contribution in [-0.4, -0.2) is 8.42 Å². The summed E-state index contributed by atoms with van der Waals surface area (Å²) in [4.78, 5) is 0. The molecule has 46 valence electrons. The molecule has 0 bridgehead atoms. The second kappa shape index (κ2) is 2.52. The minimum Gasteiger partial charge on any atom is -0.404 e. The van der Waals surface area contributed by atoms with E-state index in [-0.39, 0.29) is 0 Å². The summed E-state index contributed by atoms with van der Waals surface area (Å²) in [5, 5.41) is 1.70. The van der Waals surface area contributed by atoms with Gasteiger partial charge in [-0.15, -0.1) is 0 Å². The van der Waals surface area contributed by atoms with E-state index >= 15 is 0 Å². The van der Waals surface area contributed by atoms with Crippen LogP contribution in [-0.2, 0) is 9.84 Å². The molecule has 0 spiro atoms. The lowest BCUT2D eigenvalue weighted by atomic mass is 11.1. The van der Waals surface area contributed by atoms with Gasteiger partial charge in [0.15, 0.2) is 9.84 Å². The van der Waals surface area contributed by atoms with Crippen molar-refractivity contribution in [2.45, 2.75) is 0 Å². The van der Waals surface area contributed by atoms with Gasteiger partial charge in [0.25, 0.3) is 0 Å². The van der Waals surface area contributed by atoms with Crippen molar-refractivity contribution in [3.63, 3.8) is 0 Å². The SMILES string of the molecule is C=CS(=O)(=O)/C=C\N. The van der Waals surface area contributed by atoms with E-state index in [1.807, 2.05) is 0 Å². The predicted octanol–water partition coefficient (Wildman–Crippen LogP) is -0.0254. The van der Waals surface area contributed by atoms with E-state index < -0.39 is 9.84 Å². The van der Waals surface area contributed by atoms with Crippen molar-refractivity contribution in [3.05, 3.63) is 23.6 Å². The topological polar surface area (TPSA) is 60.2 Å². The first-order valence-corrected chi connectivity index (χ1v) is 3.49. The Morgan fingerprint density at radius 2 is 2.00 bits per heavy atom. The maximum Gasteiger partial charge on any atom is 0.193 e. The van der Waals surface area contributed by atoms with E-state index in [0.717, 1.165) is 17.0 Å². The summed E-state index contributed by atoms with van der Waals surface area (Å²) in [6.07, 6.45) is 0.955. The highest BCUT2D eigenvalue weighted by atomic mass is 32.2. The Balaban J connectivity index is 4.41. The summed E-state index contributed by atoms with van der Waals surface area (Å²) >= 11 is 0. The highest BCUT2D eigenvalue weighted by Crippen LogP contribution is 1.88. The molecular formula is C4H7NO2S. The van der Waals surface area contributed by atoms with Crippen LogP contribution in [0.1, 0.15) is 0 Å². The minimum absolute atomic E-state index is 0.830. The van der Waals surface area contributed by atoms with Crippen LogP contribution in [0.5, 0.6) is 0 Å². The van der Waals surface area contributed by atoms with Gasteiger partial charge < -0.3 is 5.73 Å². The molecular weight excluding hydrogens is 126 g/mol. The van der Waals surface area contributed by atoms with Crippen molar-refractivity contribution >= 4 is 9.84 Å². The molecule has 8 heavy (non-hydrogen) atoms. The molecule has 0 fully saturated rings. The summed E-state index contributed by atoms with van der Waals surface area (Å²) in [6, 6.07) is 0. The Labute approximate surface area is 48.4 Å². The van der Waals surface area contributed by atoms with E-state index in [0.29, 0.717) is 0 Å². The highest BCUT2D eigenvalue weighted by Gasteiger charge is 1.92. The molecule has 0 atom stereocenters. The number of hydrogen-bond acceptors (Lipinski definition) is 3. The van der Waals surface area contributed by atoms with E-state index in [9.17, 15) is 8.42 Å². The molecule has 0 saturated heterocycles.